The van der Waals surface area contributed by atoms with E-state index in [9.17, 15) is 0 Å². The Morgan fingerprint density at radius 2 is 1.85 bits per heavy atom. The van der Waals surface area contributed by atoms with E-state index < -0.39 is 0 Å². The van der Waals surface area contributed by atoms with Gasteiger partial charge < -0.3 is 10.2 Å². The number of piperidine rings is 2. The lowest BCUT2D eigenvalue weighted by atomic mass is 9.98. The summed E-state index contributed by atoms with van der Waals surface area (Å²) in [5, 5.41) is 21.1. The SMILES string of the molecule is Cn1cc(-c2cnc3nnn(CC4CCCN(c5ncc(-c6ccn(C7CCNCC7)n6)cn5)C4)c3n2)cn1. The molecule has 13 heteroatoms. The molecule has 0 bridgehead atoms. The van der Waals surface area contributed by atoms with Gasteiger partial charge in [0.15, 0.2) is 5.65 Å². The summed E-state index contributed by atoms with van der Waals surface area (Å²) in [5.74, 6) is 1.12. The molecule has 39 heavy (non-hydrogen) atoms. The van der Waals surface area contributed by atoms with Crippen molar-refractivity contribution in [1.82, 2.24) is 59.8 Å². The molecule has 7 rings (SSSR count). The van der Waals surface area contributed by atoms with Crippen LogP contribution in [0.2, 0.25) is 0 Å². The molecule has 7 heterocycles. The summed E-state index contributed by atoms with van der Waals surface area (Å²) in [6.45, 7) is 4.58. The van der Waals surface area contributed by atoms with Gasteiger partial charge in [0.2, 0.25) is 11.6 Å². The Hall–Kier alpha value is -4.26. The van der Waals surface area contributed by atoms with E-state index in [2.05, 4.69) is 47.6 Å². The molecule has 1 N–H and O–H groups in total. The lowest BCUT2D eigenvalue weighted by Gasteiger charge is -2.32. The van der Waals surface area contributed by atoms with Crippen LogP contribution in [0.5, 0.6) is 0 Å². The molecule has 13 nitrogen and oxygen atoms in total. The van der Waals surface area contributed by atoms with Gasteiger partial charge in [0.25, 0.3) is 0 Å². The van der Waals surface area contributed by atoms with E-state index in [0.717, 1.165) is 80.3 Å². The largest absolute Gasteiger partial charge is 0.340 e. The molecule has 0 saturated carbocycles. The summed E-state index contributed by atoms with van der Waals surface area (Å²) >= 11 is 0. The van der Waals surface area contributed by atoms with E-state index in [4.69, 9.17) is 20.1 Å². The zero-order valence-electron chi connectivity index (χ0n) is 21.9. The van der Waals surface area contributed by atoms with Crippen LogP contribution in [0.4, 0.5) is 5.95 Å². The van der Waals surface area contributed by atoms with Gasteiger partial charge in [-0.05, 0) is 50.8 Å². The van der Waals surface area contributed by atoms with Gasteiger partial charge >= 0.3 is 0 Å². The second-order valence-electron chi connectivity index (χ2n) is 10.5. The minimum atomic E-state index is 0.372. The van der Waals surface area contributed by atoms with Crippen molar-refractivity contribution >= 4 is 17.2 Å². The molecule has 5 aromatic heterocycles. The third-order valence-corrected chi connectivity index (χ3v) is 7.69. The van der Waals surface area contributed by atoms with Crippen molar-refractivity contribution in [3.63, 3.8) is 0 Å². The Labute approximate surface area is 225 Å². The Morgan fingerprint density at radius 1 is 0.974 bits per heavy atom. The number of hydrogen-bond donors (Lipinski definition) is 1. The highest BCUT2D eigenvalue weighted by atomic mass is 15.5. The maximum Gasteiger partial charge on any atom is 0.225 e. The number of nitrogens with one attached hydrogen (secondary N) is 1. The first-order valence-electron chi connectivity index (χ1n) is 13.6. The van der Waals surface area contributed by atoms with Gasteiger partial charge in [-0.3, -0.25) is 9.36 Å². The molecule has 2 aliphatic rings. The fraction of sp³-hybridized carbons (Fsp3) is 0.462. The predicted molar refractivity (Wildman–Crippen MR) is 145 cm³/mol. The highest BCUT2D eigenvalue weighted by Crippen LogP contribution is 2.25. The van der Waals surface area contributed by atoms with E-state index >= 15 is 0 Å². The molecule has 0 spiro atoms. The topological polar surface area (TPSA) is 133 Å². The number of anilines is 1. The maximum absolute atomic E-state index is 4.82. The van der Waals surface area contributed by atoms with Crippen LogP contribution in [-0.4, -0.2) is 80.7 Å². The molecular weight excluding hydrogens is 494 g/mol. The zero-order chi connectivity index (χ0) is 26.2. The number of rotatable bonds is 6. The van der Waals surface area contributed by atoms with Crippen molar-refractivity contribution < 1.29 is 0 Å². The monoisotopic (exact) mass is 525 g/mol. The Morgan fingerprint density at radius 3 is 2.67 bits per heavy atom. The lowest BCUT2D eigenvalue weighted by Crippen LogP contribution is -2.38. The van der Waals surface area contributed by atoms with Crippen molar-refractivity contribution in [3.8, 4) is 22.5 Å². The molecule has 200 valence electrons. The van der Waals surface area contributed by atoms with Crippen LogP contribution in [0.15, 0.2) is 43.2 Å². The molecule has 0 amide bonds. The molecule has 5 aromatic rings. The van der Waals surface area contributed by atoms with Gasteiger partial charge in [-0.2, -0.15) is 10.2 Å². The first-order chi connectivity index (χ1) is 19.2. The normalized spacial score (nSPS) is 18.7. The number of nitrogens with zero attached hydrogens (tertiary/aromatic N) is 12. The average molecular weight is 526 g/mol. The van der Waals surface area contributed by atoms with E-state index in [1.165, 1.54) is 0 Å². The standard InChI is InChI=1S/C26H31N13/c1-36-17-20(13-31-36)23-14-28-24-25(32-23)39(35-33-24)16-18-3-2-9-37(15-18)26-29-11-19(12-30-26)22-6-10-38(34-22)21-4-7-27-8-5-21/h6,10-14,17-18,21,27H,2-5,7-9,15-16H2,1H3. The van der Waals surface area contributed by atoms with E-state index in [0.29, 0.717) is 29.8 Å². The van der Waals surface area contributed by atoms with Crippen LogP contribution in [0, 0.1) is 5.92 Å². The van der Waals surface area contributed by atoms with E-state index in [1.54, 1.807) is 17.1 Å². The molecular formula is C26H31N13. The van der Waals surface area contributed by atoms with Gasteiger partial charge in [-0.25, -0.2) is 24.6 Å². The second-order valence-corrected chi connectivity index (χ2v) is 10.5. The van der Waals surface area contributed by atoms with Crippen LogP contribution < -0.4 is 10.2 Å². The summed E-state index contributed by atoms with van der Waals surface area (Å²) in [7, 11) is 1.89. The summed E-state index contributed by atoms with van der Waals surface area (Å²) < 4.78 is 5.72. The zero-order valence-corrected chi connectivity index (χ0v) is 21.9. The fourth-order valence-electron chi connectivity index (χ4n) is 5.59. The molecule has 0 aliphatic carbocycles. The van der Waals surface area contributed by atoms with Crippen LogP contribution in [0.3, 0.4) is 0 Å². The highest BCUT2D eigenvalue weighted by Gasteiger charge is 2.24. The van der Waals surface area contributed by atoms with Crippen LogP contribution in [0.1, 0.15) is 31.7 Å². The minimum absolute atomic E-state index is 0.372. The summed E-state index contributed by atoms with van der Waals surface area (Å²) in [4.78, 5) is 21.0. The van der Waals surface area contributed by atoms with Gasteiger partial charge in [-0.15, -0.1) is 5.10 Å². The smallest absolute Gasteiger partial charge is 0.225 e. The number of aryl methyl sites for hydroxylation is 1. The third-order valence-electron chi connectivity index (χ3n) is 7.69. The van der Waals surface area contributed by atoms with E-state index in [1.807, 2.05) is 30.3 Å². The predicted octanol–water partition coefficient (Wildman–Crippen LogP) is 2.12. The molecule has 2 fully saturated rings. The van der Waals surface area contributed by atoms with Crippen molar-refractivity contribution in [3.05, 3.63) is 43.2 Å². The van der Waals surface area contributed by atoms with Crippen molar-refractivity contribution in [2.75, 3.05) is 31.1 Å². The molecule has 1 unspecified atom stereocenters. The summed E-state index contributed by atoms with van der Waals surface area (Å²) in [5.41, 5.74) is 4.79. The quantitative estimate of drug-likeness (QED) is 0.351. The first kappa shape index (κ1) is 23.8. The number of fused-ring (bicyclic) bond motifs is 1. The fourth-order valence-corrected chi connectivity index (χ4v) is 5.59. The van der Waals surface area contributed by atoms with Gasteiger partial charge in [0, 0.05) is 62.6 Å². The molecule has 1 atom stereocenters. The Bertz CT molecular complexity index is 1560. The van der Waals surface area contributed by atoms with Gasteiger partial charge in [0.1, 0.15) is 0 Å². The summed E-state index contributed by atoms with van der Waals surface area (Å²) in [6, 6.07) is 2.52. The highest BCUT2D eigenvalue weighted by molar-refractivity contribution is 5.69. The number of hydrogen-bond acceptors (Lipinski definition) is 10. The summed E-state index contributed by atoms with van der Waals surface area (Å²) in [6.07, 6.45) is 15.7. The molecule has 0 aromatic carbocycles. The van der Waals surface area contributed by atoms with Crippen LogP contribution >= 0.6 is 0 Å². The van der Waals surface area contributed by atoms with Crippen LogP contribution in [0.25, 0.3) is 33.8 Å². The van der Waals surface area contributed by atoms with Crippen molar-refractivity contribution in [2.45, 2.75) is 38.3 Å². The first-order valence-corrected chi connectivity index (χ1v) is 13.6. The van der Waals surface area contributed by atoms with Crippen LogP contribution in [-0.2, 0) is 13.6 Å². The Kier molecular flexibility index (Phi) is 6.19. The molecule has 2 aliphatic heterocycles. The van der Waals surface area contributed by atoms with E-state index in [-0.39, 0.29) is 0 Å². The third kappa shape index (κ3) is 4.85. The minimum Gasteiger partial charge on any atom is -0.340 e. The van der Waals surface area contributed by atoms with Crippen molar-refractivity contribution in [1.29, 1.82) is 0 Å². The molecule has 0 radical (unpaired) electrons. The lowest BCUT2D eigenvalue weighted by molar-refractivity contribution is 0.343. The molecule has 2 saturated heterocycles. The van der Waals surface area contributed by atoms with Gasteiger partial charge in [-0.1, -0.05) is 5.21 Å². The average Bonchev–Trinajstić information content (AvgIpc) is 3.74. The maximum atomic E-state index is 4.82. The Balaban J connectivity index is 1.04. The number of aromatic nitrogens is 11. The second kappa shape index (κ2) is 10.1. The van der Waals surface area contributed by atoms with Gasteiger partial charge in [0.05, 0.1) is 29.8 Å². The van der Waals surface area contributed by atoms with Crippen molar-refractivity contribution in [2.24, 2.45) is 13.0 Å².